The summed E-state index contributed by atoms with van der Waals surface area (Å²) in [5.74, 6) is 0.297. The van der Waals surface area contributed by atoms with E-state index in [1.54, 1.807) is 6.92 Å². The van der Waals surface area contributed by atoms with Crippen molar-refractivity contribution < 1.29 is 4.79 Å². The van der Waals surface area contributed by atoms with Crippen molar-refractivity contribution in [2.75, 3.05) is 6.54 Å². The maximum absolute atomic E-state index is 10.6. The molecule has 0 saturated carbocycles. The smallest absolute Gasteiger partial charge is 0.129 e. The van der Waals surface area contributed by atoms with Gasteiger partial charge in [0.1, 0.15) is 5.78 Å². The second kappa shape index (κ2) is 5.31. The maximum Gasteiger partial charge on any atom is 0.129 e. The van der Waals surface area contributed by atoms with E-state index in [1.165, 1.54) is 0 Å². The van der Waals surface area contributed by atoms with Gasteiger partial charge >= 0.3 is 0 Å². The predicted octanol–water partition coefficient (Wildman–Crippen LogP) is 2.13. The molecule has 72 valence electrons. The molecule has 0 atom stereocenters. The molecule has 0 heterocycles. The lowest BCUT2D eigenvalue weighted by atomic mass is 10.1. The van der Waals surface area contributed by atoms with Gasteiger partial charge in [-0.15, -0.1) is 0 Å². The van der Waals surface area contributed by atoms with E-state index in [0.717, 1.165) is 25.8 Å². The Kier molecular flexibility index (Phi) is 5.14. The van der Waals surface area contributed by atoms with Gasteiger partial charge in [-0.2, -0.15) is 0 Å². The summed E-state index contributed by atoms with van der Waals surface area (Å²) in [5, 5.41) is 3.38. The summed E-state index contributed by atoms with van der Waals surface area (Å²) in [5.41, 5.74) is 0.205. The molecule has 0 aliphatic carbocycles. The van der Waals surface area contributed by atoms with Crippen LogP contribution in [0.3, 0.4) is 0 Å². The van der Waals surface area contributed by atoms with Crippen molar-refractivity contribution in [1.82, 2.24) is 5.32 Å². The second-order valence-electron chi connectivity index (χ2n) is 4.34. The minimum Gasteiger partial charge on any atom is -0.312 e. The van der Waals surface area contributed by atoms with Gasteiger partial charge in [0, 0.05) is 12.0 Å². The number of hydrogen-bond acceptors (Lipinski definition) is 2. The lowest BCUT2D eigenvalue weighted by Crippen LogP contribution is -2.36. The number of carbonyl (C=O) groups is 1. The molecule has 0 radical (unpaired) electrons. The number of hydrogen-bond donors (Lipinski definition) is 1. The van der Waals surface area contributed by atoms with Gasteiger partial charge in [-0.25, -0.2) is 0 Å². The van der Waals surface area contributed by atoms with Crippen LogP contribution in [0.15, 0.2) is 0 Å². The van der Waals surface area contributed by atoms with E-state index in [2.05, 4.69) is 26.1 Å². The minimum absolute atomic E-state index is 0.205. The fourth-order valence-corrected chi connectivity index (χ4v) is 0.962. The third kappa shape index (κ3) is 9.63. The first-order chi connectivity index (χ1) is 5.42. The molecule has 2 nitrogen and oxygen atoms in total. The maximum atomic E-state index is 10.6. The molecular weight excluding hydrogens is 150 g/mol. The fraction of sp³-hybridized carbons (Fsp3) is 0.900. The van der Waals surface area contributed by atoms with Gasteiger partial charge in [0.25, 0.3) is 0 Å². The number of unbranched alkanes of at least 4 members (excludes halogenated alkanes) is 1. The summed E-state index contributed by atoms with van der Waals surface area (Å²) in [7, 11) is 0. The van der Waals surface area contributed by atoms with Crippen LogP contribution < -0.4 is 5.32 Å². The molecule has 0 unspecified atom stereocenters. The molecule has 0 aromatic heterocycles. The van der Waals surface area contributed by atoms with Crippen molar-refractivity contribution in [2.45, 2.75) is 52.5 Å². The van der Waals surface area contributed by atoms with Crippen LogP contribution in [0.1, 0.15) is 47.0 Å². The van der Waals surface area contributed by atoms with Crippen molar-refractivity contribution >= 4 is 5.78 Å². The number of carbonyl (C=O) groups excluding carboxylic acids is 1. The Labute approximate surface area is 75.7 Å². The first-order valence-corrected chi connectivity index (χ1v) is 4.66. The number of ketones is 1. The molecule has 0 rings (SSSR count). The molecular formula is C10H21NO. The summed E-state index contributed by atoms with van der Waals surface area (Å²) < 4.78 is 0. The van der Waals surface area contributed by atoms with Crippen LogP contribution >= 0.6 is 0 Å². The molecule has 0 aliphatic rings. The van der Waals surface area contributed by atoms with Crippen LogP contribution in [-0.4, -0.2) is 17.9 Å². The molecule has 0 aromatic rings. The summed E-state index contributed by atoms with van der Waals surface area (Å²) in [4.78, 5) is 10.6. The van der Waals surface area contributed by atoms with E-state index < -0.39 is 0 Å². The highest BCUT2D eigenvalue weighted by Crippen LogP contribution is 2.00. The highest BCUT2D eigenvalue weighted by atomic mass is 16.1. The zero-order valence-electron chi connectivity index (χ0n) is 8.74. The van der Waals surface area contributed by atoms with E-state index >= 15 is 0 Å². The van der Waals surface area contributed by atoms with Gasteiger partial charge in [0.15, 0.2) is 0 Å². The summed E-state index contributed by atoms with van der Waals surface area (Å²) >= 11 is 0. The largest absolute Gasteiger partial charge is 0.312 e. The Hall–Kier alpha value is -0.370. The van der Waals surface area contributed by atoms with Crippen molar-refractivity contribution in [2.24, 2.45) is 0 Å². The van der Waals surface area contributed by atoms with E-state index in [0.29, 0.717) is 5.78 Å². The number of Topliss-reactive ketones (excluding diaryl/α,β-unsaturated/α-hetero) is 1. The van der Waals surface area contributed by atoms with Crippen LogP contribution in [0.4, 0.5) is 0 Å². The molecule has 0 bridgehead atoms. The van der Waals surface area contributed by atoms with Crippen LogP contribution in [0.25, 0.3) is 0 Å². The van der Waals surface area contributed by atoms with E-state index in [1.807, 2.05) is 0 Å². The van der Waals surface area contributed by atoms with Crippen molar-refractivity contribution in [1.29, 1.82) is 0 Å². The SMILES string of the molecule is CC(=O)CCCCNC(C)(C)C. The predicted molar refractivity (Wildman–Crippen MR) is 52.3 cm³/mol. The topological polar surface area (TPSA) is 29.1 Å². The van der Waals surface area contributed by atoms with Gasteiger partial charge in [-0.1, -0.05) is 0 Å². The van der Waals surface area contributed by atoms with Gasteiger partial charge in [-0.05, 0) is 47.1 Å². The third-order valence-corrected chi connectivity index (χ3v) is 1.61. The number of nitrogens with one attached hydrogen (secondary N) is 1. The minimum atomic E-state index is 0.205. The van der Waals surface area contributed by atoms with Crippen molar-refractivity contribution in [3.63, 3.8) is 0 Å². The molecule has 0 aromatic carbocycles. The molecule has 1 N–H and O–H groups in total. The van der Waals surface area contributed by atoms with Gasteiger partial charge in [0.2, 0.25) is 0 Å². The Morgan fingerprint density at radius 1 is 1.25 bits per heavy atom. The summed E-state index contributed by atoms with van der Waals surface area (Å²) in [6.45, 7) is 9.11. The second-order valence-corrected chi connectivity index (χ2v) is 4.34. The monoisotopic (exact) mass is 171 g/mol. The Morgan fingerprint density at radius 3 is 2.25 bits per heavy atom. The molecule has 0 spiro atoms. The van der Waals surface area contributed by atoms with Gasteiger partial charge in [-0.3, -0.25) is 0 Å². The summed E-state index contributed by atoms with van der Waals surface area (Å²) in [6, 6.07) is 0. The first-order valence-electron chi connectivity index (χ1n) is 4.66. The lowest BCUT2D eigenvalue weighted by Gasteiger charge is -2.20. The van der Waals surface area contributed by atoms with Gasteiger partial charge < -0.3 is 10.1 Å². The van der Waals surface area contributed by atoms with Crippen LogP contribution in [-0.2, 0) is 4.79 Å². The van der Waals surface area contributed by atoms with Crippen LogP contribution in [0.2, 0.25) is 0 Å². The molecule has 0 saturated heterocycles. The highest BCUT2D eigenvalue weighted by molar-refractivity contribution is 5.75. The van der Waals surface area contributed by atoms with E-state index in [4.69, 9.17) is 0 Å². The molecule has 0 fully saturated rings. The van der Waals surface area contributed by atoms with E-state index in [9.17, 15) is 4.79 Å². The summed E-state index contributed by atoms with van der Waals surface area (Å²) in [6.07, 6.45) is 2.83. The van der Waals surface area contributed by atoms with Crippen molar-refractivity contribution in [3.8, 4) is 0 Å². The first kappa shape index (κ1) is 11.6. The third-order valence-electron chi connectivity index (χ3n) is 1.61. The highest BCUT2D eigenvalue weighted by Gasteiger charge is 2.06. The zero-order valence-corrected chi connectivity index (χ0v) is 8.74. The van der Waals surface area contributed by atoms with Crippen LogP contribution in [0, 0.1) is 0 Å². The molecule has 2 heteroatoms. The number of rotatable bonds is 5. The average Bonchev–Trinajstić information content (AvgIpc) is 1.83. The Bertz CT molecular complexity index is 135. The molecule has 0 aliphatic heterocycles. The quantitative estimate of drug-likeness (QED) is 0.642. The standard InChI is InChI=1S/C10H21NO/c1-9(12)7-5-6-8-11-10(2,3)4/h11H,5-8H2,1-4H3. The Balaban J connectivity index is 3.17. The zero-order chi connectivity index (χ0) is 9.61. The lowest BCUT2D eigenvalue weighted by molar-refractivity contribution is -0.117. The Morgan fingerprint density at radius 2 is 1.83 bits per heavy atom. The fourth-order valence-electron chi connectivity index (χ4n) is 0.962. The molecule has 12 heavy (non-hydrogen) atoms. The normalized spacial score (nSPS) is 11.7. The van der Waals surface area contributed by atoms with Crippen molar-refractivity contribution in [3.05, 3.63) is 0 Å². The van der Waals surface area contributed by atoms with E-state index in [-0.39, 0.29) is 5.54 Å². The van der Waals surface area contributed by atoms with Gasteiger partial charge in [0.05, 0.1) is 0 Å². The van der Waals surface area contributed by atoms with Crippen LogP contribution in [0.5, 0.6) is 0 Å². The average molecular weight is 171 g/mol. The molecule has 0 amide bonds.